The quantitative estimate of drug-likeness (QED) is 0.599. The molecular weight excluding hydrogens is 408 g/mol. The Morgan fingerprint density at radius 2 is 1.94 bits per heavy atom. The van der Waals surface area contributed by atoms with Crippen LogP contribution in [0.3, 0.4) is 0 Å². The molecule has 2 rings (SSSR count). The predicted molar refractivity (Wildman–Crippen MR) is 120 cm³/mol. The van der Waals surface area contributed by atoms with Gasteiger partial charge in [0.15, 0.2) is 6.10 Å². The Balaban J connectivity index is 1.84. The van der Waals surface area contributed by atoms with Crippen molar-refractivity contribution in [1.82, 2.24) is 15.2 Å². The highest BCUT2D eigenvalue weighted by Gasteiger charge is 2.22. The fourth-order valence-corrected chi connectivity index (χ4v) is 2.76. The van der Waals surface area contributed by atoms with E-state index in [0.29, 0.717) is 37.4 Å². The van der Waals surface area contributed by atoms with Crippen LogP contribution in [-0.4, -0.2) is 46.7 Å². The molecule has 0 radical (unpaired) electrons. The van der Waals surface area contributed by atoms with E-state index in [1.165, 1.54) is 0 Å². The fourth-order valence-electron chi connectivity index (χ4n) is 2.76. The van der Waals surface area contributed by atoms with Gasteiger partial charge in [0.2, 0.25) is 0 Å². The molecule has 1 N–H and O–H groups in total. The SMILES string of the molecule is CC(Oc1ccc(C#N)cc1)C(=O)NCCCN(Cc1cccnc1)C(=O)OC(C)(C)C. The number of amides is 2. The number of hydrogen-bond donors (Lipinski definition) is 1. The maximum absolute atomic E-state index is 12.6. The molecule has 8 nitrogen and oxygen atoms in total. The van der Waals surface area contributed by atoms with Crippen molar-refractivity contribution in [3.63, 3.8) is 0 Å². The molecule has 170 valence electrons. The first-order valence-electron chi connectivity index (χ1n) is 10.5. The van der Waals surface area contributed by atoms with Crippen LogP contribution in [0.15, 0.2) is 48.8 Å². The summed E-state index contributed by atoms with van der Waals surface area (Å²) >= 11 is 0. The first kappa shape index (κ1) is 24.7. The highest BCUT2D eigenvalue weighted by molar-refractivity contribution is 5.80. The molecule has 2 aromatic rings. The Labute approximate surface area is 189 Å². The van der Waals surface area contributed by atoms with Crippen molar-refractivity contribution in [3.05, 3.63) is 59.9 Å². The summed E-state index contributed by atoms with van der Waals surface area (Å²) in [6.45, 7) is 8.28. The Morgan fingerprint density at radius 1 is 1.22 bits per heavy atom. The number of ether oxygens (including phenoxy) is 2. The first-order chi connectivity index (χ1) is 15.2. The Hall–Kier alpha value is -3.60. The minimum absolute atomic E-state index is 0.259. The zero-order valence-corrected chi connectivity index (χ0v) is 19.0. The van der Waals surface area contributed by atoms with Crippen LogP contribution in [0.25, 0.3) is 0 Å². The minimum atomic E-state index is -0.694. The van der Waals surface area contributed by atoms with Gasteiger partial charge in [-0.05, 0) is 70.0 Å². The molecule has 0 aliphatic rings. The lowest BCUT2D eigenvalue weighted by Crippen LogP contribution is -2.40. The third-order valence-electron chi connectivity index (χ3n) is 4.32. The van der Waals surface area contributed by atoms with Gasteiger partial charge in [-0.15, -0.1) is 0 Å². The van der Waals surface area contributed by atoms with Crippen LogP contribution >= 0.6 is 0 Å². The third-order valence-corrected chi connectivity index (χ3v) is 4.32. The number of aromatic nitrogens is 1. The standard InChI is InChI=1S/C24H30N4O4/c1-18(31-21-10-8-19(15-25)9-11-21)22(29)27-13-6-14-28(23(30)32-24(2,3)4)17-20-7-5-12-26-16-20/h5,7-12,16,18H,6,13-14,17H2,1-4H3,(H,27,29). The highest BCUT2D eigenvalue weighted by atomic mass is 16.6. The topological polar surface area (TPSA) is 105 Å². The van der Waals surface area contributed by atoms with Crippen LogP contribution in [0.2, 0.25) is 0 Å². The predicted octanol–water partition coefficient (Wildman–Crippen LogP) is 3.66. The van der Waals surface area contributed by atoms with E-state index < -0.39 is 17.8 Å². The summed E-state index contributed by atoms with van der Waals surface area (Å²) in [5, 5.41) is 11.7. The molecule has 1 aromatic carbocycles. The van der Waals surface area contributed by atoms with Gasteiger partial charge in [0.25, 0.3) is 5.91 Å². The first-order valence-corrected chi connectivity index (χ1v) is 10.5. The normalized spacial score (nSPS) is 11.7. The van der Waals surface area contributed by atoms with E-state index >= 15 is 0 Å². The van der Waals surface area contributed by atoms with E-state index in [1.54, 1.807) is 48.5 Å². The smallest absolute Gasteiger partial charge is 0.410 e. The van der Waals surface area contributed by atoms with Gasteiger partial charge >= 0.3 is 6.09 Å². The summed E-state index contributed by atoms with van der Waals surface area (Å²) < 4.78 is 11.1. The lowest BCUT2D eigenvalue weighted by Gasteiger charge is -2.27. The summed E-state index contributed by atoms with van der Waals surface area (Å²) in [4.78, 5) is 30.6. The van der Waals surface area contributed by atoms with Gasteiger partial charge in [-0.2, -0.15) is 5.26 Å². The molecule has 0 bridgehead atoms. The highest BCUT2D eigenvalue weighted by Crippen LogP contribution is 2.14. The van der Waals surface area contributed by atoms with Crippen molar-refractivity contribution in [2.24, 2.45) is 0 Å². The molecule has 1 atom stereocenters. The van der Waals surface area contributed by atoms with Crippen molar-refractivity contribution in [1.29, 1.82) is 5.26 Å². The molecule has 0 saturated carbocycles. The number of nitrogens with one attached hydrogen (secondary N) is 1. The summed E-state index contributed by atoms with van der Waals surface area (Å²) in [5.74, 6) is 0.254. The molecule has 1 heterocycles. The van der Waals surface area contributed by atoms with Crippen molar-refractivity contribution in [2.75, 3.05) is 13.1 Å². The molecule has 1 aromatic heterocycles. The summed E-state index contributed by atoms with van der Waals surface area (Å²) in [6.07, 6.45) is 2.83. The Kier molecular flexibility index (Phi) is 9.02. The molecule has 0 spiro atoms. The van der Waals surface area contributed by atoms with Crippen molar-refractivity contribution in [3.8, 4) is 11.8 Å². The van der Waals surface area contributed by atoms with E-state index in [4.69, 9.17) is 14.7 Å². The van der Waals surface area contributed by atoms with Gasteiger partial charge in [0.1, 0.15) is 11.4 Å². The van der Waals surface area contributed by atoms with E-state index in [9.17, 15) is 9.59 Å². The largest absolute Gasteiger partial charge is 0.481 e. The number of hydrogen-bond acceptors (Lipinski definition) is 6. The summed E-state index contributed by atoms with van der Waals surface area (Å²) in [6, 6.07) is 12.3. The third kappa shape index (κ3) is 8.64. The molecule has 8 heteroatoms. The zero-order chi connectivity index (χ0) is 23.6. The molecule has 0 aliphatic carbocycles. The fraction of sp³-hybridized carbons (Fsp3) is 0.417. The summed E-state index contributed by atoms with van der Waals surface area (Å²) in [7, 11) is 0. The van der Waals surface area contributed by atoms with Gasteiger partial charge in [-0.1, -0.05) is 6.07 Å². The minimum Gasteiger partial charge on any atom is -0.481 e. The van der Waals surface area contributed by atoms with Crippen molar-refractivity contribution in [2.45, 2.75) is 52.4 Å². The summed E-state index contributed by atoms with van der Waals surface area (Å²) in [5.41, 5.74) is 0.818. The molecule has 2 amide bonds. The number of carbonyl (C=O) groups excluding carboxylic acids is 2. The van der Waals surface area contributed by atoms with Crippen LogP contribution in [0, 0.1) is 11.3 Å². The molecule has 0 aliphatic heterocycles. The van der Waals surface area contributed by atoms with Crippen LogP contribution < -0.4 is 10.1 Å². The number of carbonyl (C=O) groups is 2. The van der Waals surface area contributed by atoms with E-state index in [2.05, 4.69) is 10.3 Å². The monoisotopic (exact) mass is 438 g/mol. The lowest BCUT2D eigenvalue weighted by molar-refractivity contribution is -0.127. The van der Waals surface area contributed by atoms with E-state index in [0.717, 1.165) is 5.56 Å². The van der Waals surface area contributed by atoms with Gasteiger partial charge in [0.05, 0.1) is 18.2 Å². The maximum atomic E-state index is 12.6. The number of nitrogens with zero attached hydrogens (tertiary/aromatic N) is 3. The Bertz CT molecular complexity index is 918. The van der Waals surface area contributed by atoms with Crippen LogP contribution in [0.5, 0.6) is 5.75 Å². The van der Waals surface area contributed by atoms with Crippen molar-refractivity contribution < 1.29 is 19.1 Å². The molecule has 0 fully saturated rings. The van der Waals surface area contributed by atoms with Crippen LogP contribution in [0.4, 0.5) is 4.79 Å². The average molecular weight is 439 g/mol. The van der Waals surface area contributed by atoms with Gasteiger partial charge in [-0.25, -0.2) is 4.79 Å². The number of nitriles is 1. The maximum Gasteiger partial charge on any atom is 0.410 e. The molecule has 0 saturated heterocycles. The zero-order valence-electron chi connectivity index (χ0n) is 19.0. The number of rotatable bonds is 9. The lowest BCUT2D eigenvalue weighted by atomic mass is 10.2. The second-order valence-electron chi connectivity index (χ2n) is 8.30. The van der Waals surface area contributed by atoms with E-state index in [1.807, 2.05) is 39.0 Å². The van der Waals surface area contributed by atoms with Crippen LogP contribution in [0.1, 0.15) is 45.2 Å². The Morgan fingerprint density at radius 3 is 2.53 bits per heavy atom. The molecule has 1 unspecified atom stereocenters. The van der Waals surface area contributed by atoms with E-state index in [-0.39, 0.29) is 5.91 Å². The van der Waals surface area contributed by atoms with Crippen molar-refractivity contribution >= 4 is 12.0 Å². The van der Waals surface area contributed by atoms with Gasteiger partial charge in [0, 0.05) is 25.5 Å². The second-order valence-corrected chi connectivity index (χ2v) is 8.30. The number of pyridine rings is 1. The number of benzene rings is 1. The second kappa shape index (κ2) is 11.7. The average Bonchev–Trinajstić information content (AvgIpc) is 2.75. The van der Waals surface area contributed by atoms with Gasteiger partial charge < -0.3 is 19.7 Å². The molecular formula is C24H30N4O4. The van der Waals surface area contributed by atoms with Gasteiger partial charge in [-0.3, -0.25) is 9.78 Å². The molecule has 32 heavy (non-hydrogen) atoms. The van der Waals surface area contributed by atoms with Crippen LogP contribution in [-0.2, 0) is 16.1 Å².